The molecule has 4 nitrogen and oxygen atoms in total. The molecule has 0 radical (unpaired) electrons. The van der Waals surface area contributed by atoms with Crippen LogP contribution in [0.4, 0.5) is 5.82 Å². The Labute approximate surface area is 127 Å². The number of anilines is 1. The SMILES string of the molecule is CCCNc1ncccc1C(=O)NC1CCCC(C)CC1. The lowest BCUT2D eigenvalue weighted by molar-refractivity contribution is 0.0933. The summed E-state index contributed by atoms with van der Waals surface area (Å²) < 4.78 is 0. The minimum atomic E-state index is 0.00116. The number of carbonyl (C=O) groups is 1. The summed E-state index contributed by atoms with van der Waals surface area (Å²) >= 11 is 0. The van der Waals surface area contributed by atoms with Gasteiger partial charge in [0.25, 0.3) is 5.91 Å². The number of amides is 1. The molecule has 2 atom stereocenters. The van der Waals surface area contributed by atoms with E-state index in [1.807, 2.05) is 12.1 Å². The van der Waals surface area contributed by atoms with Crippen LogP contribution in [-0.4, -0.2) is 23.5 Å². The van der Waals surface area contributed by atoms with Gasteiger partial charge in [-0.3, -0.25) is 4.79 Å². The van der Waals surface area contributed by atoms with Crippen molar-refractivity contribution in [1.82, 2.24) is 10.3 Å². The number of rotatable bonds is 5. The van der Waals surface area contributed by atoms with Crippen LogP contribution < -0.4 is 10.6 Å². The molecule has 1 amide bonds. The molecule has 1 aliphatic carbocycles. The zero-order chi connectivity index (χ0) is 15.1. The van der Waals surface area contributed by atoms with Crippen LogP contribution in [0, 0.1) is 5.92 Å². The summed E-state index contributed by atoms with van der Waals surface area (Å²) in [6.07, 6.45) is 8.61. The van der Waals surface area contributed by atoms with E-state index in [0.717, 1.165) is 31.7 Å². The molecule has 2 rings (SSSR count). The van der Waals surface area contributed by atoms with Crippen molar-refractivity contribution in [1.29, 1.82) is 0 Å². The molecule has 0 aromatic carbocycles. The first-order valence-electron chi connectivity index (χ1n) is 8.20. The topological polar surface area (TPSA) is 54.0 Å². The molecule has 0 spiro atoms. The first-order valence-corrected chi connectivity index (χ1v) is 8.20. The molecule has 0 saturated heterocycles. The molecule has 1 aromatic rings. The van der Waals surface area contributed by atoms with Crippen LogP contribution in [0.25, 0.3) is 0 Å². The van der Waals surface area contributed by atoms with E-state index in [1.165, 1.54) is 19.3 Å². The highest BCUT2D eigenvalue weighted by Gasteiger charge is 2.20. The number of pyridine rings is 1. The average molecular weight is 289 g/mol. The molecule has 1 aliphatic rings. The Kier molecular flexibility index (Phi) is 6.03. The standard InChI is InChI=1S/C17H27N3O/c1-3-11-18-16-15(8-5-12-19-16)17(21)20-14-7-4-6-13(2)9-10-14/h5,8,12-14H,3-4,6-7,9-11H2,1-2H3,(H,18,19)(H,20,21). The second-order valence-electron chi connectivity index (χ2n) is 6.11. The predicted molar refractivity (Wildman–Crippen MR) is 86.5 cm³/mol. The largest absolute Gasteiger partial charge is 0.369 e. The monoisotopic (exact) mass is 289 g/mol. The summed E-state index contributed by atoms with van der Waals surface area (Å²) in [6, 6.07) is 3.97. The molecule has 4 heteroatoms. The molecule has 0 bridgehead atoms. The second-order valence-corrected chi connectivity index (χ2v) is 6.11. The van der Waals surface area contributed by atoms with Crippen molar-refractivity contribution >= 4 is 11.7 Å². The van der Waals surface area contributed by atoms with Gasteiger partial charge in [0.2, 0.25) is 0 Å². The highest BCUT2D eigenvalue weighted by molar-refractivity contribution is 5.98. The van der Waals surface area contributed by atoms with Crippen molar-refractivity contribution in [2.45, 2.75) is 58.4 Å². The van der Waals surface area contributed by atoms with Gasteiger partial charge in [0.05, 0.1) is 5.56 Å². The fourth-order valence-electron chi connectivity index (χ4n) is 2.87. The van der Waals surface area contributed by atoms with Gasteiger partial charge in [-0.15, -0.1) is 0 Å². The molecular formula is C17H27N3O. The van der Waals surface area contributed by atoms with E-state index in [0.29, 0.717) is 17.4 Å². The third kappa shape index (κ3) is 4.73. The van der Waals surface area contributed by atoms with Crippen LogP contribution in [0.15, 0.2) is 18.3 Å². The molecule has 116 valence electrons. The normalized spacial score (nSPS) is 22.4. The highest BCUT2D eigenvalue weighted by Crippen LogP contribution is 2.23. The van der Waals surface area contributed by atoms with Gasteiger partial charge >= 0.3 is 0 Å². The van der Waals surface area contributed by atoms with E-state index in [-0.39, 0.29) is 5.91 Å². The van der Waals surface area contributed by atoms with Gasteiger partial charge in [0.15, 0.2) is 0 Å². The average Bonchev–Trinajstić information content (AvgIpc) is 2.70. The van der Waals surface area contributed by atoms with Crippen molar-refractivity contribution < 1.29 is 4.79 Å². The fraction of sp³-hybridized carbons (Fsp3) is 0.647. The molecule has 1 fully saturated rings. The molecule has 1 saturated carbocycles. The molecular weight excluding hydrogens is 262 g/mol. The summed E-state index contributed by atoms with van der Waals surface area (Å²) in [4.78, 5) is 16.8. The van der Waals surface area contributed by atoms with Crippen LogP contribution in [0.3, 0.4) is 0 Å². The third-order valence-corrected chi connectivity index (χ3v) is 4.19. The van der Waals surface area contributed by atoms with Crippen LogP contribution in [-0.2, 0) is 0 Å². The third-order valence-electron chi connectivity index (χ3n) is 4.19. The summed E-state index contributed by atoms with van der Waals surface area (Å²) in [5.74, 6) is 1.48. The molecule has 21 heavy (non-hydrogen) atoms. The number of nitrogens with one attached hydrogen (secondary N) is 2. The number of carbonyl (C=O) groups excluding carboxylic acids is 1. The maximum absolute atomic E-state index is 12.5. The van der Waals surface area contributed by atoms with E-state index in [1.54, 1.807) is 6.20 Å². The Morgan fingerprint density at radius 3 is 3.00 bits per heavy atom. The summed E-state index contributed by atoms with van der Waals surface area (Å²) in [6.45, 7) is 5.23. The lowest BCUT2D eigenvalue weighted by Gasteiger charge is -2.17. The van der Waals surface area contributed by atoms with Gasteiger partial charge in [-0.1, -0.05) is 26.7 Å². The minimum Gasteiger partial charge on any atom is -0.369 e. The summed E-state index contributed by atoms with van der Waals surface area (Å²) in [5, 5.41) is 6.42. The Balaban J connectivity index is 1.99. The minimum absolute atomic E-state index is 0.00116. The van der Waals surface area contributed by atoms with Crippen molar-refractivity contribution in [3.05, 3.63) is 23.9 Å². The number of nitrogens with zero attached hydrogens (tertiary/aromatic N) is 1. The van der Waals surface area contributed by atoms with Crippen molar-refractivity contribution in [3.63, 3.8) is 0 Å². The van der Waals surface area contributed by atoms with Crippen molar-refractivity contribution in [2.24, 2.45) is 5.92 Å². The Morgan fingerprint density at radius 2 is 2.19 bits per heavy atom. The zero-order valence-electron chi connectivity index (χ0n) is 13.2. The van der Waals surface area contributed by atoms with E-state index < -0.39 is 0 Å². The lowest BCUT2D eigenvalue weighted by Crippen LogP contribution is -2.35. The maximum atomic E-state index is 12.5. The van der Waals surface area contributed by atoms with Crippen molar-refractivity contribution in [3.8, 4) is 0 Å². The van der Waals surface area contributed by atoms with Gasteiger partial charge in [-0.2, -0.15) is 0 Å². The number of hydrogen-bond acceptors (Lipinski definition) is 3. The van der Waals surface area contributed by atoms with E-state index >= 15 is 0 Å². The molecule has 2 N–H and O–H groups in total. The van der Waals surface area contributed by atoms with Crippen LogP contribution >= 0.6 is 0 Å². The van der Waals surface area contributed by atoms with Gasteiger partial charge in [-0.05, 0) is 43.7 Å². The van der Waals surface area contributed by atoms with Crippen LogP contribution in [0.5, 0.6) is 0 Å². The molecule has 0 aliphatic heterocycles. The fourth-order valence-corrected chi connectivity index (χ4v) is 2.87. The maximum Gasteiger partial charge on any atom is 0.255 e. The van der Waals surface area contributed by atoms with Crippen LogP contribution in [0.1, 0.15) is 62.7 Å². The first-order chi connectivity index (χ1) is 10.2. The van der Waals surface area contributed by atoms with Gasteiger partial charge in [-0.25, -0.2) is 4.98 Å². The zero-order valence-corrected chi connectivity index (χ0v) is 13.2. The predicted octanol–water partition coefficient (Wildman–Crippen LogP) is 3.60. The quantitative estimate of drug-likeness (QED) is 0.814. The Bertz CT molecular complexity index is 461. The summed E-state index contributed by atoms with van der Waals surface area (Å²) in [5.41, 5.74) is 0.656. The van der Waals surface area contributed by atoms with Gasteiger partial charge in [0.1, 0.15) is 5.82 Å². The van der Waals surface area contributed by atoms with E-state index in [2.05, 4.69) is 29.5 Å². The summed E-state index contributed by atoms with van der Waals surface area (Å²) in [7, 11) is 0. The lowest BCUT2D eigenvalue weighted by atomic mass is 10.0. The van der Waals surface area contributed by atoms with Crippen molar-refractivity contribution in [2.75, 3.05) is 11.9 Å². The van der Waals surface area contributed by atoms with Crippen LogP contribution in [0.2, 0.25) is 0 Å². The van der Waals surface area contributed by atoms with Gasteiger partial charge in [0, 0.05) is 18.8 Å². The number of hydrogen-bond donors (Lipinski definition) is 2. The smallest absolute Gasteiger partial charge is 0.255 e. The first kappa shape index (κ1) is 15.8. The van der Waals surface area contributed by atoms with E-state index in [4.69, 9.17) is 0 Å². The number of aromatic nitrogens is 1. The Morgan fingerprint density at radius 1 is 1.33 bits per heavy atom. The highest BCUT2D eigenvalue weighted by atomic mass is 16.1. The molecule has 1 aromatic heterocycles. The molecule has 2 unspecified atom stereocenters. The second kappa shape index (κ2) is 8.01. The van der Waals surface area contributed by atoms with E-state index in [9.17, 15) is 4.79 Å². The Hall–Kier alpha value is -1.58. The van der Waals surface area contributed by atoms with Gasteiger partial charge < -0.3 is 10.6 Å². The molecule has 1 heterocycles.